The van der Waals surface area contributed by atoms with Crippen LogP contribution in [0.25, 0.3) is 0 Å². The lowest BCUT2D eigenvalue weighted by molar-refractivity contribution is 0.316. The number of hydrogen-bond acceptors (Lipinski definition) is 4. The van der Waals surface area contributed by atoms with Crippen LogP contribution in [0.3, 0.4) is 0 Å². The van der Waals surface area contributed by atoms with Gasteiger partial charge in [0.05, 0.1) is 0 Å². The highest BCUT2D eigenvalue weighted by Gasteiger charge is 2.14. The summed E-state index contributed by atoms with van der Waals surface area (Å²) < 4.78 is 0. The molecule has 0 aromatic carbocycles. The van der Waals surface area contributed by atoms with Gasteiger partial charge in [-0.15, -0.1) is 0 Å². The average molecular weight is 222 g/mol. The van der Waals surface area contributed by atoms with Crippen molar-refractivity contribution in [1.82, 2.24) is 4.98 Å². The first-order valence-electron chi connectivity index (χ1n) is 5.17. The largest absolute Gasteiger partial charge is 0.409 e. The lowest BCUT2D eigenvalue weighted by atomic mass is 10.2. The number of rotatable bonds is 4. The highest BCUT2D eigenvalue weighted by Crippen LogP contribution is 2.17. The van der Waals surface area contributed by atoms with Crippen molar-refractivity contribution in [3.8, 4) is 0 Å². The second-order valence-electron chi connectivity index (χ2n) is 3.90. The summed E-state index contributed by atoms with van der Waals surface area (Å²) in [6.45, 7) is 4.02. The molecular formula is C11H18N4O. The molecule has 0 fully saturated rings. The Hall–Kier alpha value is -1.78. The van der Waals surface area contributed by atoms with Gasteiger partial charge in [-0.2, -0.15) is 0 Å². The third-order valence-corrected chi connectivity index (χ3v) is 2.61. The van der Waals surface area contributed by atoms with Gasteiger partial charge in [0.25, 0.3) is 0 Å². The SMILES string of the molecule is Cc1cccnc1N(C)C(C)CC(N)=NO. The highest BCUT2D eigenvalue weighted by molar-refractivity contribution is 5.80. The zero-order valence-electron chi connectivity index (χ0n) is 9.88. The first-order chi connectivity index (χ1) is 7.56. The van der Waals surface area contributed by atoms with Gasteiger partial charge in [0.1, 0.15) is 11.7 Å². The van der Waals surface area contributed by atoms with Crippen LogP contribution in [0.5, 0.6) is 0 Å². The quantitative estimate of drug-likeness (QED) is 0.349. The number of aryl methyl sites for hydroxylation is 1. The lowest BCUT2D eigenvalue weighted by Crippen LogP contribution is -2.34. The summed E-state index contributed by atoms with van der Waals surface area (Å²) in [5.74, 6) is 1.15. The molecular weight excluding hydrogens is 204 g/mol. The zero-order chi connectivity index (χ0) is 12.1. The Labute approximate surface area is 95.6 Å². The van der Waals surface area contributed by atoms with Crippen molar-refractivity contribution < 1.29 is 5.21 Å². The molecule has 3 N–H and O–H groups in total. The molecule has 0 saturated carbocycles. The van der Waals surface area contributed by atoms with E-state index in [0.29, 0.717) is 6.42 Å². The molecule has 5 heteroatoms. The number of nitrogens with zero attached hydrogens (tertiary/aromatic N) is 3. The number of anilines is 1. The predicted molar refractivity (Wildman–Crippen MR) is 64.9 cm³/mol. The summed E-state index contributed by atoms with van der Waals surface area (Å²) >= 11 is 0. The summed E-state index contributed by atoms with van der Waals surface area (Å²) in [7, 11) is 1.95. The first kappa shape index (κ1) is 12.3. The summed E-state index contributed by atoms with van der Waals surface area (Å²) in [5.41, 5.74) is 6.59. The lowest BCUT2D eigenvalue weighted by Gasteiger charge is -2.26. The maximum absolute atomic E-state index is 8.52. The Balaban J connectivity index is 2.78. The van der Waals surface area contributed by atoms with Crippen LogP contribution < -0.4 is 10.6 Å². The first-order valence-corrected chi connectivity index (χ1v) is 5.17. The topological polar surface area (TPSA) is 74.7 Å². The Morgan fingerprint density at radius 3 is 2.94 bits per heavy atom. The van der Waals surface area contributed by atoms with Crippen LogP contribution in [-0.4, -0.2) is 29.1 Å². The molecule has 88 valence electrons. The minimum atomic E-state index is 0.129. The number of pyridine rings is 1. The number of nitrogens with two attached hydrogens (primary N) is 1. The van der Waals surface area contributed by atoms with Gasteiger partial charge < -0.3 is 15.8 Å². The molecule has 0 amide bonds. The van der Waals surface area contributed by atoms with Crippen molar-refractivity contribution in [3.05, 3.63) is 23.9 Å². The van der Waals surface area contributed by atoms with Gasteiger partial charge >= 0.3 is 0 Å². The van der Waals surface area contributed by atoms with Crippen LogP contribution in [0.4, 0.5) is 5.82 Å². The van der Waals surface area contributed by atoms with Gasteiger partial charge in [-0.1, -0.05) is 11.2 Å². The van der Waals surface area contributed by atoms with Crippen molar-refractivity contribution in [2.75, 3.05) is 11.9 Å². The van der Waals surface area contributed by atoms with Gasteiger partial charge in [-0.25, -0.2) is 4.98 Å². The fourth-order valence-corrected chi connectivity index (χ4v) is 1.54. The van der Waals surface area contributed by atoms with E-state index in [4.69, 9.17) is 10.9 Å². The standard InChI is InChI=1S/C11H18N4O/c1-8-5-4-6-13-11(8)15(3)9(2)7-10(12)14-16/h4-6,9,16H,7H2,1-3H3,(H2,12,14). The predicted octanol–water partition coefficient (Wildman–Crippen LogP) is 1.35. The summed E-state index contributed by atoms with van der Waals surface area (Å²) in [5, 5.41) is 11.5. The molecule has 0 aliphatic heterocycles. The molecule has 16 heavy (non-hydrogen) atoms. The van der Waals surface area contributed by atoms with Gasteiger partial charge in [-0.05, 0) is 25.5 Å². The van der Waals surface area contributed by atoms with Crippen LogP contribution >= 0.6 is 0 Å². The molecule has 0 spiro atoms. The number of hydrogen-bond donors (Lipinski definition) is 2. The molecule has 1 aromatic rings. The van der Waals surface area contributed by atoms with Crippen LogP contribution in [0.1, 0.15) is 18.9 Å². The van der Waals surface area contributed by atoms with Gasteiger partial charge in [0.2, 0.25) is 0 Å². The fraction of sp³-hybridized carbons (Fsp3) is 0.455. The fourth-order valence-electron chi connectivity index (χ4n) is 1.54. The molecule has 5 nitrogen and oxygen atoms in total. The molecule has 1 heterocycles. The minimum absolute atomic E-state index is 0.129. The van der Waals surface area contributed by atoms with Crippen LogP contribution in [-0.2, 0) is 0 Å². The van der Waals surface area contributed by atoms with E-state index < -0.39 is 0 Å². The molecule has 1 atom stereocenters. The van der Waals surface area contributed by atoms with Crippen LogP contribution in [0.2, 0.25) is 0 Å². The Bertz CT molecular complexity index is 378. The van der Waals surface area contributed by atoms with E-state index in [1.165, 1.54) is 0 Å². The van der Waals surface area contributed by atoms with E-state index in [2.05, 4.69) is 10.1 Å². The normalized spacial score (nSPS) is 13.6. The summed E-state index contributed by atoms with van der Waals surface area (Å²) in [6, 6.07) is 4.04. The van der Waals surface area contributed by atoms with Crippen molar-refractivity contribution in [3.63, 3.8) is 0 Å². The summed E-state index contributed by atoms with van der Waals surface area (Å²) in [6.07, 6.45) is 2.26. The smallest absolute Gasteiger partial charge is 0.141 e. The second-order valence-corrected chi connectivity index (χ2v) is 3.90. The van der Waals surface area contributed by atoms with Crippen LogP contribution in [0.15, 0.2) is 23.5 Å². The van der Waals surface area contributed by atoms with Crippen molar-refractivity contribution >= 4 is 11.7 Å². The van der Waals surface area contributed by atoms with E-state index >= 15 is 0 Å². The van der Waals surface area contributed by atoms with E-state index in [1.807, 2.05) is 37.9 Å². The second kappa shape index (κ2) is 5.34. The monoisotopic (exact) mass is 222 g/mol. The van der Waals surface area contributed by atoms with Crippen LogP contribution in [0, 0.1) is 6.92 Å². The minimum Gasteiger partial charge on any atom is -0.409 e. The molecule has 0 bridgehead atoms. The maximum atomic E-state index is 8.52. The van der Waals surface area contributed by atoms with E-state index in [0.717, 1.165) is 11.4 Å². The summed E-state index contributed by atoms with van der Waals surface area (Å²) in [4.78, 5) is 6.34. The van der Waals surface area contributed by atoms with Crippen molar-refractivity contribution in [1.29, 1.82) is 0 Å². The third kappa shape index (κ3) is 2.85. The van der Waals surface area contributed by atoms with E-state index in [-0.39, 0.29) is 11.9 Å². The molecule has 1 rings (SSSR count). The molecule has 1 unspecified atom stereocenters. The molecule has 0 saturated heterocycles. The molecule has 0 aliphatic rings. The van der Waals surface area contributed by atoms with Gasteiger partial charge in [0.15, 0.2) is 0 Å². The van der Waals surface area contributed by atoms with Crippen molar-refractivity contribution in [2.45, 2.75) is 26.3 Å². The van der Waals surface area contributed by atoms with E-state index in [9.17, 15) is 0 Å². The Kier molecular flexibility index (Phi) is 4.10. The Morgan fingerprint density at radius 1 is 1.69 bits per heavy atom. The Morgan fingerprint density at radius 2 is 2.38 bits per heavy atom. The van der Waals surface area contributed by atoms with Gasteiger partial charge in [-0.3, -0.25) is 0 Å². The third-order valence-electron chi connectivity index (χ3n) is 2.61. The number of aromatic nitrogens is 1. The average Bonchev–Trinajstić information content (AvgIpc) is 2.28. The van der Waals surface area contributed by atoms with E-state index in [1.54, 1.807) is 6.20 Å². The number of amidine groups is 1. The van der Waals surface area contributed by atoms with Gasteiger partial charge in [0, 0.05) is 25.7 Å². The zero-order valence-corrected chi connectivity index (χ0v) is 9.88. The molecule has 0 radical (unpaired) electrons. The van der Waals surface area contributed by atoms with Crippen molar-refractivity contribution in [2.24, 2.45) is 10.9 Å². The highest BCUT2D eigenvalue weighted by atomic mass is 16.4. The maximum Gasteiger partial charge on any atom is 0.141 e. The molecule has 1 aromatic heterocycles. The number of oxime groups is 1. The molecule has 0 aliphatic carbocycles.